The minimum atomic E-state index is -0.983. The first-order chi connectivity index (χ1) is 17.0. The number of aromatic nitrogens is 6. The second-order valence-electron chi connectivity index (χ2n) is 8.56. The minimum Gasteiger partial charge on any atom is -0.465 e. The summed E-state index contributed by atoms with van der Waals surface area (Å²) in [6, 6.07) is 12.2. The number of fused-ring (bicyclic) bond motifs is 2. The van der Waals surface area contributed by atoms with Gasteiger partial charge in [0.25, 0.3) is 0 Å². The van der Waals surface area contributed by atoms with Crippen LogP contribution in [0.3, 0.4) is 0 Å². The molecule has 0 saturated carbocycles. The summed E-state index contributed by atoms with van der Waals surface area (Å²) >= 11 is 1.54. The van der Waals surface area contributed by atoms with Gasteiger partial charge in [-0.25, -0.2) is 4.79 Å². The maximum Gasteiger partial charge on any atom is 0.404 e. The standard InChI is InChI=1S/C24H22N8O2S/c1-30-12-17(10-26-30)15-2-5-22-28-29-23(32(22)13-15)35-20-3-4-21-16(9-20)8-19(11-25-21)31-7-6-18(14-31)27-24(33)34/h2-5,8-13,18,27H,6-7,14H2,1H3,(H,33,34). The number of hydrogen-bond acceptors (Lipinski definition) is 7. The quantitative estimate of drug-likeness (QED) is 0.387. The van der Waals surface area contributed by atoms with Gasteiger partial charge in [0.1, 0.15) is 0 Å². The summed E-state index contributed by atoms with van der Waals surface area (Å²) in [5, 5.41) is 26.3. The fourth-order valence-electron chi connectivity index (χ4n) is 4.41. The molecule has 11 heteroatoms. The van der Waals surface area contributed by atoms with E-state index in [2.05, 4.69) is 42.6 Å². The average Bonchev–Trinajstić information content (AvgIpc) is 3.59. The highest BCUT2D eigenvalue weighted by atomic mass is 32.2. The van der Waals surface area contributed by atoms with E-state index in [4.69, 9.17) is 5.11 Å². The van der Waals surface area contributed by atoms with E-state index in [9.17, 15) is 4.79 Å². The summed E-state index contributed by atoms with van der Waals surface area (Å²) in [7, 11) is 1.90. The summed E-state index contributed by atoms with van der Waals surface area (Å²) in [5.74, 6) is 0. The zero-order valence-electron chi connectivity index (χ0n) is 18.9. The normalized spacial score (nSPS) is 15.8. The van der Waals surface area contributed by atoms with Crippen molar-refractivity contribution in [1.82, 2.24) is 34.7 Å². The van der Waals surface area contributed by atoms with Crippen molar-refractivity contribution in [3.8, 4) is 11.1 Å². The lowest BCUT2D eigenvalue weighted by Crippen LogP contribution is -2.36. The molecule has 0 radical (unpaired) electrons. The van der Waals surface area contributed by atoms with Gasteiger partial charge in [-0.3, -0.25) is 14.1 Å². The van der Waals surface area contributed by atoms with Crippen LogP contribution in [0.5, 0.6) is 0 Å². The number of rotatable bonds is 5. The monoisotopic (exact) mass is 486 g/mol. The SMILES string of the molecule is Cn1cc(-c2ccc3nnc(Sc4ccc5ncc(N6CCC(NC(=O)O)C6)cc5c4)n3c2)cn1. The second kappa shape index (κ2) is 8.58. The largest absolute Gasteiger partial charge is 0.465 e. The van der Waals surface area contributed by atoms with Gasteiger partial charge in [0.15, 0.2) is 10.8 Å². The van der Waals surface area contributed by atoms with Crippen molar-refractivity contribution in [3.63, 3.8) is 0 Å². The maximum atomic E-state index is 11.0. The molecule has 1 aliphatic rings. The lowest BCUT2D eigenvalue weighted by atomic mass is 10.2. The Labute approximate surface area is 204 Å². The third-order valence-corrected chi connectivity index (χ3v) is 7.09. The van der Waals surface area contributed by atoms with Gasteiger partial charge in [-0.2, -0.15) is 5.10 Å². The Morgan fingerprint density at radius 1 is 1.11 bits per heavy atom. The number of nitrogens with one attached hydrogen (secondary N) is 1. The van der Waals surface area contributed by atoms with Crippen molar-refractivity contribution in [2.24, 2.45) is 7.05 Å². The van der Waals surface area contributed by atoms with Crippen molar-refractivity contribution < 1.29 is 9.90 Å². The summed E-state index contributed by atoms with van der Waals surface area (Å²) < 4.78 is 3.77. The van der Waals surface area contributed by atoms with E-state index in [1.807, 2.05) is 60.5 Å². The molecule has 0 spiro atoms. The van der Waals surface area contributed by atoms with Crippen LogP contribution in [0.2, 0.25) is 0 Å². The summed E-state index contributed by atoms with van der Waals surface area (Å²) in [6.45, 7) is 1.43. The van der Waals surface area contributed by atoms with Gasteiger partial charge in [0.05, 0.1) is 29.6 Å². The van der Waals surface area contributed by atoms with Gasteiger partial charge in [-0.05, 0) is 54.6 Å². The predicted octanol–water partition coefficient (Wildman–Crippen LogP) is 3.68. The Kier molecular flexibility index (Phi) is 5.25. The zero-order chi connectivity index (χ0) is 23.9. The Morgan fingerprint density at radius 3 is 2.86 bits per heavy atom. The number of aryl methyl sites for hydroxylation is 1. The molecule has 0 bridgehead atoms. The van der Waals surface area contributed by atoms with Gasteiger partial charge in [-0.15, -0.1) is 10.2 Å². The molecule has 5 heterocycles. The first-order valence-electron chi connectivity index (χ1n) is 11.2. The molecule has 2 N–H and O–H groups in total. The number of hydrogen-bond donors (Lipinski definition) is 2. The Balaban J connectivity index is 1.27. The molecule has 1 aliphatic heterocycles. The van der Waals surface area contributed by atoms with Crippen LogP contribution in [0.15, 0.2) is 71.2 Å². The van der Waals surface area contributed by atoms with Gasteiger partial charge >= 0.3 is 6.09 Å². The van der Waals surface area contributed by atoms with E-state index in [0.717, 1.165) is 56.4 Å². The lowest BCUT2D eigenvalue weighted by Gasteiger charge is -2.18. The number of amides is 1. The summed E-state index contributed by atoms with van der Waals surface area (Å²) in [6.07, 6.45) is 7.50. The first kappa shape index (κ1) is 21.4. The molecule has 1 amide bonds. The van der Waals surface area contributed by atoms with E-state index in [0.29, 0.717) is 6.54 Å². The van der Waals surface area contributed by atoms with Crippen molar-refractivity contribution in [1.29, 1.82) is 0 Å². The van der Waals surface area contributed by atoms with Crippen LogP contribution in [-0.4, -0.2) is 59.7 Å². The predicted molar refractivity (Wildman–Crippen MR) is 133 cm³/mol. The topological polar surface area (TPSA) is 113 Å². The third-order valence-electron chi connectivity index (χ3n) is 6.14. The average molecular weight is 487 g/mol. The number of pyridine rings is 2. The summed E-state index contributed by atoms with van der Waals surface area (Å²) in [4.78, 5) is 18.8. The maximum absolute atomic E-state index is 11.0. The van der Waals surface area contributed by atoms with E-state index < -0.39 is 6.09 Å². The molecular formula is C24H22N8O2S. The number of benzene rings is 1. The molecule has 1 atom stereocenters. The van der Waals surface area contributed by atoms with E-state index in [1.165, 1.54) is 0 Å². The van der Waals surface area contributed by atoms with Gasteiger partial charge in [0.2, 0.25) is 0 Å². The number of anilines is 1. The highest BCUT2D eigenvalue weighted by molar-refractivity contribution is 7.99. The van der Waals surface area contributed by atoms with Crippen LogP contribution in [0.25, 0.3) is 27.7 Å². The van der Waals surface area contributed by atoms with Crippen LogP contribution < -0.4 is 10.2 Å². The van der Waals surface area contributed by atoms with Crippen molar-refractivity contribution in [3.05, 3.63) is 61.2 Å². The molecule has 1 aromatic carbocycles. The van der Waals surface area contributed by atoms with E-state index in [-0.39, 0.29) is 6.04 Å². The Morgan fingerprint density at radius 2 is 2.03 bits per heavy atom. The minimum absolute atomic E-state index is 0.0668. The molecular weight excluding hydrogens is 464 g/mol. The lowest BCUT2D eigenvalue weighted by molar-refractivity contribution is 0.191. The summed E-state index contributed by atoms with van der Waals surface area (Å²) in [5.41, 5.74) is 4.75. The fourth-order valence-corrected chi connectivity index (χ4v) is 5.27. The van der Waals surface area contributed by atoms with Crippen molar-refractivity contribution in [2.45, 2.75) is 22.5 Å². The molecule has 10 nitrogen and oxygen atoms in total. The molecule has 4 aromatic heterocycles. The molecule has 35 heavy (non-hydrogen) atoms. The van der Waals surface area contributed by atoms with Crippen LogP contribution in [-0.2, 0) is 7.05 Å². The highest BCUT2D eigenvalue weighted by Crippen LogP contribution is 2.31. The van der Waals surface area contributed by atoms with Gasteiger partial charge in [-0.1, -0.05) is 0 Å². The van der Waals surface area contributed by atoms with Crippen molar-refractivity contribution >= 4 is 40.1 Å². The molecule has 1 unspecified atom stereocenters. The first-order valence-corrected chi connectivity index (χ1v) is 12.0. The fraction of sp³-hybridized carbons (Fsp3) is 0.208. The third kappa shape index (κ3) is 4.26. The molecule has 5 aromatic rings. The van der Waals surface area contributed by atoms with E-state index >= 15 is 0 Å². The molecule has 6 rings (SSSR count). The molecule has 1 fully saturated rings. The van der Waals surface area contributed by atoms with E-state index in [1.54, 1.807) is 16.4 Å². The van der Waals surface area contributed by atoms with Gasteiger partial charge < -0.3 is 15.3 Å². The molecule has 176 valence electrons. The van der Waals surface area contributed by atoms with Gasteiger partial charge in [0, 0.05) is 53.9 Å². The smallest absolute Gasteiger partial charge is 0.404 e. The molecule has 0 aliphatic carbocycles. The Hall–Kier alpha value is -4.12. The Bertz CT molecular complexity index is 1560. The van der Waals surface area contributed by atoms with Crippen molar-refractivity contribution in [2.75, 3.05) is 18.0 Å². The highest BCUT2D eigenvalue weighted by Gasteiger charge is 2.24. The van der Waals surface area contributed by atoms with Crippen LogP contribution in [0, 0.1) is 0 Å². The zero-order valence-corrected chi connectivity index (χ0v) is 19.7. The number of carboxylic acid groups (broad SMARTS) is 1. The second-order valence-corrected chi connectivity index (χ2v) is 9.60. The van der Waals surface area contributed by atoms with Crippen LogP contribution >= 0.6 is 11.8 Å². The van der Waals surface area contributed by atoms with Crippen LogP contribution in [0.1, 0.15) is 6.42 Å². The molecule has 1 saturated heterocycles. The number of carbonyl (C=O) groups is 1. The number of nitrogens with zero attached hydrogens (tertiary/aromatic N) is 7. The van der Waals surface area contributed by atoms with Crippen LogP contribution in [0.4, 0.5) is 10.5 Å².